The molecule has 9 nitrogen and oxygen atoms in total. The van der Waals surface area contributed by atoms with Gasteiger partial charge in [-0.15, -0.1) is 0 Å². The zero-order chi connectivity index (χ0) is 20.7. The van der Waals surface area contributed by atoms with Crippen LogP contribution in [-0.4, -0.2) is 37.9 Å². The molecule has 0 atom stereocenters. The molecule has 0 heterocycles. The Morgan fingerprint density at radius 3 is 2.46 bits per heavy atom. The van der Waals surface area contributed by atoms with E-state index >= 15 is 0 Å². The molecule has 9 heteroatoms. The number of benzene rings is 2. The van der Waals surface area contributed by atoms with Gasteiger partial charge in [-0.25, -0.2) is 5.43 Å². The second-order valence-corrected chi connectivity index (χ2v) is 5.85. The Labute approximate surface area is 162 Å². The van der Waals surface area contributed by atoms with Crippen LogP contribution in [0.25, 0.3) is 0 Å². The summed E-state index contributed by atoms with van der Waals surface area (Å²) in [5.41, 5.74) is 4.56. The minimum absolute atomic E-state index is 0.0600. The number of aryl methyl sites for hydroxylation is 2. The Morgan fingerprint density at radius 1 is 1.14 bits per heavy atom. The fourth-order valence-electron chi connectivity index (χ4n) is 2.31. The summed E-state index contributed by atoms with van der Waals surface area (Å²) in [4.78, 5) is 22.4. The number of nitro benzene ring substituents is 1. The first-order chi connectivity index (χ1) is 13.3. The summed E-state index contributed by atoms with van der Waals surface area (Å²) in [5, 5.41) is 14.9. The van der Waals surface area contributed by atoms with Gasteiger partial charge in [0.2, 0.25) is 5.75 Å². The Kier molecular flexibility index (Phi) is 6.91. The van der Waals surface area contributed by atoms with Gasteiger partial charge in [-0.1, -0.05) is 6.07 Å². The summed E-state index contributed by atoms with van der Waals surface area (Å²) < 4.78 is 15.6. The van der Waals surface area contributed by atoms with Crippen molar-refractivity contribution < 1.29 is 23.9 Å². The highest BCUT2D eigenvalue weighted by Gasteiger charge is 2.18. The quantitative estimate of drug-likeness (QED) is 0.423. The molecule has 2 aromatic carbocycles. The lowest BCUT2D eigenvalue weighted by Gasteiger charge is -2.08. The molecule has 0 aliphatic rings. The van der Waals surface area contributed by atoms with Gasteiger partial charge in [0, 0.05) is 17.7 Å². The maximum Gasteiger partial charge on any atom is 0.311 e. The average Bonchev–Trinajstić information content (AvgIpc) is 2.68. The number of methoxy groups -OCH3 is 2. The van der Waals surface area contributed by atoms with Gasteiger partial charge in [-0.3, -0.25) is 14.9 Å². The molecule has 0 spiro atoms. The zero-order valence-corrected chi connectivity index (χ0v) is 16.0. The number of nitrogens with zero attached hydrogens (tertiary/aromatic N) is 2. The van der Waals surface area contributed by atoms with Crippen LogP contribution < -0.4 is 19.6 Å². The number of nitrogens with one attached hydrogen (secondary N) is 1. The highest BCUT2D eigenvalue weighted by Crippen LogP contribution is 2.33. The lowest BCUT2D eigenvalue weighted by Crippen LogP contribution is -2.24. The van der Waals surface area contributed by atoms with Gasteiger partial charge in [-0.2, -0.15) is 5.10 Å². The van der Waals surface area contributed by atoms with Gasteiger partial charge in [0.25, 0.3) is 5.91 Å². The van der Waals surface area contributed by atoms with Crippen molar-refractivity contribution in [2.75, 3.05) is 20.8 Å². The summed E-state index contributed by atoms with van der Waals surface area (Å²) in [7, 11) is 2.74. The first-order valence-electron chi connectivity index (χ1n) is 8.28. The van der Waals surface area contributed by atoms with Crippen LogP contribution in [0.3, 0.4) is 0 Å². The molecule has 2 aromatic rings. The number of hydrogen-bond donors (Lipinski definition) is 1. The third-order valence-corrected chi connectivity index (χ3v) is 3.97. The largest absolute Gasteiger partial charge is 0.496 e. The molecule has 0 aliphatic heterocycles. The maximum atomic E-state index is 11.9. The van der Waals surface area contributed by atoms with Crippen LogP contribution in [-0.2, 0) is 4.79 Å². The van der Waals surface area contributed by atoms with Crippen molar-refractivity contribution in [2.45, 2.75) is 13.8 Å². The molecule has 1 amide bonds. The van der Waals surface area contributed by atoms with Gasteiger partial charge in [-0.05, 0) is 37.1 Å². The third kappa shape index (κ3) is 5.19. The Balaban J connectivity index is 2.02. The molecule has 1 N–H and O–H groups in total. The highest BCUT2D eigenvalue weighted by molar-refractivity contribution is 5.87. The van der Waals surface area contributed by atoms with Crippen molar-refractivity contribution in [3.63, 3.8) is 0 Å². The molecule has 0 fully saturated rings. The predicted molar refractivity (Wildman–Crippen MR) is 103 cm³/mol. The third-order valence-electron chi connectivity index (χ3n) is 3.97. The van der Waals surface area contributed by atoms with Crippen molar-refractivity contribution in [1.82, 2.24) is 5.43 Å². The molecule has 0 saturated heterocycles. The van der Waals surface area contributed by atoms with Gasteiger partial charge in [0.05, 0.1) is 25.4 Å². The predicted octanol–water partition coefficient (Wildman–Crippen LogP) is 2.76. The molecule has 2 rings (SSSR count). The molecular formula is C19H21N3O6. The fourth-order valence-corrected chi connectivity index (χ4v) is 2.31. The van der Waals surface area contributed by atoms with E-state index in [2.05, 4.69) is 10.5 Å². The van der Waals surface area contributed by atoms with Crippen LogP contribution in [0.2, 0.25) is 0 Å². The monoisotopic (exact) mass is 387 g/mol. The summed E-state index contributed by atoms with van der Waals surface area (Å²) in [5.74, 6) is 0.475. The molecular weight excluding hydrogens is 366 g/mol. The minimum Gasteiger partial charge on any atom is -0.496 e. The fraction of sp³-hybridized carbons (Fsp3) is 0.263. The second-order valence-electron chi connectivity index (χ2n) is 5.85. The van der Waals surface area contributed by atoms with E-state index in [1.165, 1.54) is 32.6 Å². The van der Waals surface area contributed by atoms with Crippen molar-refractivity contribution in [1.29, 1.82) is 0 Å². The molecule has 28 heavy (non-hydrogen) atoms. The van der Waals surface area contributed by atoms with Gasteiger partial charge < -0.3 is 14.2 Å². The van der Waals surface area contributed by atoms with Crippen LogP contribution >= 0.6 is 0 Å². The van der Waals surface area contributed by atoms with E-state index in [0.29, 0.717) is 17.1 Å². The molecule has 148 valence electrons. The smallest absolute Gasteiger partial charge is 0.311 e. The van der Waals surface area contributed by atoms with E-state index in [4.69, 9.17) is 14.2 Å². The van der Waals surface area contributed by atoms with E-state index in [-0.39, 0.29) is 18.0 Å². The minimum atomic E-state index is -0.578. The van der Waals surface area contributed by atoms with Crippen LogP contribution in [0, 0.1) is 24.0 Å². The Bertz CT molecular complexity index is 911. The van der Waals surface area contributed by atoms with Crippen molar-refractivity contribution in [2.24, 2.45) is 5.10 Å². The number of carbonyl (C=O) groups is 1. The normalized spacial score (nSPS) is 10.6. The number of nitro groups is 1. The van der Waals surface area contributed by atoms with Crippen LogP contribution in [0.15, 0.2) is 35.4 Å². The summed E-state index contributed by atoms with van der Waals surface area (Å²) in [6.45, 7) is 3.71. The van der Waals surface area contributed by atoms with Gasteiger partial charge in [0.1, 0.15) is 11.5 Å². The maximum absolute atomic E-state index is 11.9. The number of rotatable bonds is 8. The van der Waals surface area contributed by atoms with Crippen molar-refractivity contribution >= 4 is 17.8 Å². The standard InChI is InChI=1S/C19H21N3O6/c1-12-5-6-15(7-13(12)2)28-11-19(23)21-20-10-14-8-16(22(24)25)18(27-4)9-17(14)26-3/h5-10H,11H2,1-4H3,(H,21,23)/b20-10+. The number of ether oxygens (including phenoxy) is 3. The lowest BCUT2D eigenvalue weighted by molar-refractivity contribution is -0.385. The van der Waals surface area contributed by atoms with Crippen LogP contribution in [0.5, 0.6) is 17.2 Å². The number of hydrazone groups is 1. The number of carbonyl (C=O) groups excluding carboxylic acids is 1. The van der Waals surface area contributed by atoms with E-state index in [9.17, 15) is 14.9 Å². The van der Waals surface area contributed by atoms with E-state index in [1.54, 1.807) is 6.07 Å². The number of amides is 1. The average molecular weight is 387 g/mol. The van der Waals surface area contributed by atoms with E-state index in [0.717, 1.165) is 11.1 Å². The van der Waals surface area contributed by atoms with Crippen molar-refractivity contribution in [3.8, 4) is 17.2 Å². The SMILES string of the molecule is COc1cc(OC)c([N+](=O)[O-])cc1/C=N/NC(=O)COc1ccc(C)c(C)c1. The molecule has 0 unspecified atom stereocenters. The zero-order valence-electron chi connectivity index (χ0n) is 16.0. The number of hydrogen-bond acceptors (Lipinski definition) is 7. The Morgan fingerprint density at radius 2 is 1.86 bits per heavy atom. The highest BCUT2D eigenvalue weighted by atomic mass is 16.6. The van der Waals surface area contributed by atoms with Crippen molar-refractivity contribution in [3.05, 3.63) is 57.1 Å². The first-order valence-corrected chi connectivity index (χ1v) is 8.28. The first kappa shape index (κ1) is 20.7. The summed E-state index contributed by atoms with van der Waals surface area (Å²) in [6.07, 6.45) is 1.25. The van der Waals surface area contributed by atoms with E-state index in [1.807, 2.05) is 26.0 Å². The Hall–Kier alpha value is -3.62. The lowest BCUT2D eigenvalue weighted by atomic mass is 10.1. The topological polar surface area (TPSA) is 112 Å². The molecule has 0 aliphatic carbocycles. The van der Waals surface area contributed by atoms with Gasteiger partial charge >= 0.3 is 5.69 Å². The van der Waals surface area contributed by atoms with Crippen LogP contribution in [0.4, 0.5) is 5.69 Å². The molecule has 0 aromatic heterocycles. The van der Waals surface area contributed by atoms with Gasteiger partial charge in [0.15, 0.2) is 6.61 Å². The molecule has 0 saturated carbocycles. The molecule has 0 radical (unpaired) electrons. The van der Waals surface area contributed by atoms with Crippen LogP contribution in [0.1, 0.15) is 16.7 Å². The summed E-state index contributed by atoms with van der Waals surface area (Å²) >= 11 is 0. The summed E-state index contributed by atoms with van der Waals surface area (Å²) in [6, 6.07) is 8.15. The second kappa shape index (κ2) is 9.36. The van der Waals surface area contributed by atoms with E-state index < -0.39 is 10.8 Å². The molecule has 0 bridgehead atoms.